The highest BCUT2D eigenvalue weighted by atomic mass is 31.2. The van der Waals surface area contributed by atoms with E-state index in [1.54, 1.807) is 10.9 Å². The highest BCUT2D eigenvalue weighted by Crippen LogP contribution is 2.54. The summed E-state index contributed by atoms with van der Waals surface area (Å²) in [5.74, 6) is 0. The van der Waals surface area contributed by atoms with Crippen molar-refractivity contribution in [1.82, 2.24) is 0 Å². The van der Waals surface area contributed by atoms with Crippen LogP contribution in [-0.4, -0.2) is 19.5 Å². The Morgan fingerprint density at radius 1 is 0.897 bits per heavy atom. The number of hydrogen-bond acceptors (Lipinski definition) is 0. The first-order valence-electron chi connectivity index (χ1n) is 11.8. The molecule has 0 amide bonds. The van der Waals surface area contributed by atoms with Gasteiger partial charge in [0.25, 0.3) is 0 Å². The van der Waals surface area contributed by atoms with Crippen molar-refractivity contribution < 1.29 is 4.57 Å². The molecule has 0 spiro atoms. The molecule has 1 aliphatic rings. The highest BCUT2D eigenvalue weighted by Gasteiger charge is 2.58. The molecule has 0 aliphatic carbocycles. The van der Waals surface area contributed by atoms with Crippen molar-refractivity contribution >= 4 is 12.6 Å². The lowest BCUT2D eigenvalue weighted by atomic mass is 9.59. The second-order valence-electron chi connectivity index (χ2n) is 9.73. The Balaban J connectivity index is 2.22. The summed E-state index contributed by atoms with van der Waals surface area (Å²) in [4.78, 5) is 0. The molecule has 1 atom stereocenters. The summed E-state index contributed by atoms with van der Waals surface area (Å²) in [5, 5.41) is 1.62. The Labute approximate surface area is 180 Å². The molecule has 0 N–H and O–H groups in total. The van der Waals surface area contributed by atoms with Crippen LogP contribution in [0.2, 0.25) is 0 Å². The van der Waals surface area contributed by atoms with Crippen molar-refractivity contribution in [1.29, 1.82) is 0 Å². The van der Waals surface area contributed by atoms with Crippen LogP contribution in [0, 0.1) is 0 Å². The number of unbranched alkanes of at least 4 members (excludes halogenated alkanes) is 2. The zero-order valence-corrected chi connectivity index (χ0v) is 20.8. The summed E-state index contributed by atoms with van der Waals surface area (Å²) >= 11 is 0. The van der Waals surface area contributed by atoms with Gasteiger partial charge in [0.2, 0.25) is 5.69 Å². The molecule has 0 saturated heterocycles. The van der Waals surface area contributed by atoms with E-state index in [9.17, 15) is 0 Å². The number of fused-ring (bicyclic) bond motifs is 3. The molecule has 1 aromatic heterocycles. The molecule has 158 valence electrons. The Morgan fingerprint density at radius 2 is 1.62 bits per heavy atom. The van der Waals surface area contributed by atoms with E-state index in [2.05, 4.69) is 95.1 Å². The Bertz CT molecular complexity index is 849. The van der Waals surface area contributed by atoms with Gasteiger partial charge in [0.15, 0.2) is 11.7 Å². The average molecular weight is 412 g/mol. The third-order valence-electron chi connectivity index (χ3n) is 8.12. The van der Waals surface area contributed by atoms with E-state index in [0.717, 1.165) is 12.8 Å². The standard InChI is InChI=1S/C27H42NP/c1-8-12-15-20-29(6,7)22-17-18-23-24(21-22)26(5,9-2)27(10-3,11-4)28-19-14-13-16-25(23)28/h13-14,16-19,21H,8-12,15,20H2,1-7H3/q+2. The molecule has 2 heterocycles. The van der Waals surface area contributed by atoms with Gasteiger partial charge in [-0.05, 0) is 49.6 Å². The summed E-state index contributed by atoms with van der Waals surface area (Å²) in [5.41, 5.74) is 4.71. The quantitative estimate of drug-likeness (QED) is 0.252. The molecule has 1 aromatic carbocycles. The van der Waals surface area contributed by atoms with E-state index in [0.29, 0.717) is 0 Å². The van der Waals surface area contributed by atoms with Crippen LogP contribution in [0.5, 0.6) is 0 Å². The Morgan fingerprint density at radius 3 is 2.24 bits per heavy atom. The first-order valence-corrected chi connectivity index (χ1v) is 14.7. The van der Waals surface area contributed by atoms with Crippen molar-refractivity contribution in [3.8, 4) is 11.3 Å². The minimum Gasteiger partial charge on any atom is -0.192 e. The van der Waals surface area contributed by atoms with Crippen LogP contribution in [0.25, 0.3) is 11.3 Å². The van der Waals surface area contributed by atoms with Gasteiger partial charge in [-0.2, -0.15) is 4.57 Å². The second kappa shape index (κ2) is 8.50. The van der Waals surface area contributed by atoms with Crippen LogP contribution in [-0.2, 0) is 11.0 Å². The molecule has 1 nitrogen and oxygen atoms in total. The van der Waals surface area contributed by atoms with Gasteiger partial charge in [-0.3, -0.25) is 0 Å². The number of nitrogens with zero attached hydrogens (tertiary/aromatic N) is 1. The van der Waals surface area contributed by atoms with Gasteiger partial charge in [0, 0.05) is 32.2 Å². The summed E-state index contributed by atoms with van der Waals surface area (Å²) in [6.07, 6.45) is 11.2. The number of benzene rings is 1. The summed E-state index contributed by atoms with van der Waals surface area (Å²) in [6, 6.07) is 14.3. The zero-order chi connectivity index (χ0) is 21.3. The maximum atomic E-state index is 2.63. The van der Waals surface area contributed by atoms with E-state index in [4.69, 9.17) is 0 Å². The molecule has 1 unspecified atom stereocenters. The van der Waals surface area contributed by atoms with Crippen molar-refractivity contribution in [2.75, 3.05) is 19.5 Å². The van der Waals surface area contributed by atoms with Gasteiger partial charge in [-0.25, -0.2) is 0 Å². The van der Waals surface area contributed by atoms with Crippen LogP contribution < -0.4 is 9.87 Å². The fourth-order valence-electron chi connectivity index (χ4n) is 5.92. The maximum absolute atomic E-state index is 2.63. The smallest absolute Gasteiger partial charge is 0.192 e. The lowest BCUT2D eigenvalue weighted by Crippen LogP contribution is -2.68. The first kappa shape index (κ1) is 22.5. The van der Waals surface area contributed by atoms with Crippen molar-refractivity contribution in [2.24, 2.45) is 0 Å². The predicted molar refractivity (Wildman–Crippen MR) is 131 cm³/mol. The van der Waals surface area contributed by atoms with E-state index in [1.165, 1.54) is 43.1 Å². The molecule has 0 bridgehead atoms. The lowest BCUT2D eigenvalue weighted by molar-refractivity contribution is -0.769. The van der Waals surface area contributed by atoms with E-state index in [-0.39, 0.29) is 11.0 Å². The predicted octanol–water partition coefficient (Wildman–Crippen LogP) is 6.93. The van der Waals surface area contributed by atoms with Gasteiger partial charge in [0.05, 0.1) is 35.8 Å². The Hall–Kier alpha value is -1.20. The molecule has 1 aliphatic heterocycles. The van der Waals surface area contributed by atoms with E-state index in [1.807, 2.05) is 0 Å². The van der Waals surface area contributed by atoms with Gasteiger partial charge in [0.1, 0.15) is 0 Å². The van der Waals surface area contributed by atoms with E-state index < -0.39 is 7.26 Å². The summed E-state index contributed by atoms with van der Waals surface area (Å²) < 4.78 is 2.61. The number of aromatic nitrogens is 1. The van der Waals surface area contributed by atoms with Crippen molar-refractivity contribution in [3.63, 3.8) is 0 Å². The van der Waals surface area contributed by atoms with Crippen LogP contribution in [0.3, 0.4) is 0 Å². The van der Waals surface area contributed by atoms with Gasteiger partial charge < -0.3 is 0 Å². The van der Waals surface area contributed by atoms with Crippen LogP contribution in [0.15, 0.2) is 42.6 Å². The minimum absolute atomic E-state index is 0.134. The Kier molecular flexibility index (Phi) is 6.59. The number of rotatable bonds is 8. The topological polar surface area (TPSA) is 3.88 Å². The van der Waals surface area contributed by atoms with Gasteiger partial charge in [-0.1, -0.05) is 40.5 Å². The third kappa shape index (κ3) is 3.48. The number of hydrogen-bond donors (Lipinski definition) is 0. The molecule has 0 fully saturated rings. The van der Waals surface area contributed by atoms with E-state index >= 15 is 0 Å². The van der Waals surface area contributed by atoms with Crippen LogP contribution in [0.1, 0.15) is 78.7 Å². The zero-order valence-electron chi connectivity index (χ0n) is 19.9. The molecular weight excluding hydrogens is 369 g/mol. The summed E-state index contributed by atoms with van der Waals surface area (Å²) in [6.45, 7) is 17.1. The normalized spacial score (nSPS) is 20.2. The third-order valence-corrected chi connectivity index (χ3v) is 11.2. The highest BCUT2D eigenvalue weighted by molar-refractivity contribution is 7.81. The fourth-order valence-corrected chi connectivity index (χ4v) is 8.15. The molecule has 3 rings (SSSR count). The monoisotopic (exact) mass is 411 g/mol. The molecule has 29 heavy (non-hydrogen) atoms. The molecule has 2 heteroatoms. The second-order valence-corrected chi connectivity index (χ2v) is 14.1. The average Bonchev–Trinajstić information content (AvgIpc) is 2.74. The molecule has 0 radical (unpaired) electrons. The maximum Gasteiger partial charge on any atom is 0.213 e. The number of pyridine rings is 1. The van der Waals surface area contributed by atoms with Crippen LogP contribution in [0.4, 0.5) is 0 Å². The van der Waals surface area contributed by atoms with Gasteiger partial charge in [-0.15, -0.1) is 0 Å². The van der Waals surface area contributed by atoms with Gasteiger partial charge >= 0.3 is 0 Å². The molecular formula is C27H42NP+2. The summed E-state index contributed by atoms with van der Waals surface area (Å²) in [7, 11) is -1.09. The van der Waals surface area contributed by atoms with Crippen molar-refractivity contribution in [3.05, 3.63) is 48.2 Å². The largest absolute Gasteiger partial charge is 0.213 e. The molecule has 0 saturated carbocycles. The minimum atomic E-state index is -1.09. The SMILES string of the molecule is CCCCC[P+](C)(C)c1ccc2c(c1)C(C)(CC)C(CC)(CC)[n+]1ccccc1-2. The van der Waals surface area contributed by atoms with Crippen LogP contribution >= 0.6 is 7.26 Å². The fraction of sp³-hybridized carbons (Fsp3) is 0.593. The first-order chi connectivity index (χ1) is 13.8. The van der Waals surface area contributed by atoms with Crippen molar-refractivity contribution in [2.45, 2.75) is 84.1 Å². The lowest BCUT2D eigenvalue weighted by Gasteiger charge is -2.47. The molecule has 2 aromatic rings.